The van der Waals surface area contributed by atoms with Gasteiger partial charge in [-0.2, -0.15) is 0 Å². The number of hydrogen-bond donors (Lipinski definition) is 0. The van der Waals surface area contributed by atoms with Crippen LogP contribution in [0.1, 0.15) is 46.0 Å². The van der Waals surface area contributed by atoms with E-state index >= 15 is 0 Å². The van der Waals surface area contributed by atoms with E-state index in [1.807, 2.05) is 12.1 Å². The molecule has 0 saturated heterocycles. The Morgan fingerprint density at radius 2 is 1.43 bits per heavy atom. The van der Waals surface area contributed by atoms with Crippen molar-refractivity contribution < 1.29 is 28.5 Å². The van der Waals surface area contributed by atoms with Crippen LogP contribution in [0, 0.1) is 0 Å². The zero-order chi connectivity index (χ0) is 25.3. The number of benzene rings is 3. The zero-order valence-corrected chi connectivity index (χ0v) is 20.3. The molecule has 0 saturated carbocycles. The zero-order valence-electron chi connectivity index (χ0n) is 20.3. The molecule has 0 heterocycles. The number of aryl methyl sites for hydroxylation is 1. The lowest BCUT2D eigenvalue weighted by atomic mass is 10.2. The summed E-state index contributed by atoms with van der Waals surface area (Å²) < 4.78 is 20.9. The number of aldehydes is 1. The SMILES string of the molecule is C=COCCCCOc1ccc(C(=O)Oc2ccc(C=O)cc2)cc1.CCc1ccc(OC)cc1. The number of methoxy groups -OCH3 is 1. The van der Waals surface area contributed by atoms with Crippen molar-refractivity contribution in [2.45, 2.75) is 26.2 Å². The molecule has 0 bridgehead atoms. The van der Waals surface area contributed by atoms with Gasteiger partial charge in [0.25, 0.3) is 0 Å². The topological polar surface area (TPSA) is 71.1 Å². The van der Waals surface area contributed by atoms with Gasteiger partial charge in [-0.1, -0.05) is 25.6 Å². The predicted octanol–water partition coefficient (Wildman–Crippen LogP) is 6.30. The summed E-state index contributed by atoms with van der Waals surface area (Å²) in [7, 11) is 1.68. The quantitative estimate of drug-likeness (QED) is 0.101. The van der Waals surface area contributed by atoms with E-state index in [4.69, 9.17) is 18.9 Å². The van der Waals surface area contributed by atoms with Gasteiger partial charge >= 0.3 is 5.97 Å². The molecular formula is C29H32O6. The molecule has 0 aliphatic heterocycles. The molecule has 0 amide bonds. The molecule has 0 atom stereocenters. The molecular weight excluding hydrogens is 444 g/mol. The van der Waals surface area contributed by atoms with E-state index in [-0.39, 0.29) is 0 Å². The fourth-order valence-electron chi connectivity index (χ4n) is 2.89. The molecule has 6 nitrogen and oxygen atoms in total. The first-order valence-corrected chi connectivity index (χ1v) is 11.4. The standard InChI is InChI=1S/C20H20O5.C9H12O/c1-2-23-13-3-4-14-24-18-11-7-17(8-12-18)20(22)25-19-9-5-16(15-21)6-10-19;1-3-8-4-6-9(10-2)7-5-8/h2,5-12,15H,1,3-4,13-14H2;4-7H,3H2,1-2H3. The molecule has 3 aromatic rings. The van der Waals surface area contributed by atoms with Crippen molar-refractivity contribution in [3.8, 4) is 17.2 Å². The fraction of sp³-hybridized carbons (Fsp3) is 0.241. The van der Waals surface area contributed by atoms with Crippen molar-refractivity contribution in [1.82, 2.24) is 0 Å². The van der Waals surface area contributed by atoms with E-state index in [0.717, 1.165) is 31.3 Å². The largest absolute Gasteiger partial charge is 0.502 e. The van der Waals surface area contributed by atoms with Crippen molar-refractivity contribution in [2.24, 2.45) is 0 Å². The van der Waals surface area contributed by atoms with Gasteiger partial charge in [0.2, 0.25) is 0 Å². The molecule has 0 aliphatic carbocycles. The van der Waals surface area contributed by atoms with Crippen LogP contribution >= 0.6 is 0 Å². The molecule has 3 aromatic carbocycles. The van der Waals surface area contributed by atoms with E-state index in [9.17, 15) is 9.59 Å². The number of carbonyl (C=O) groups is 2. The Morgan fingerprint density at radius 3 is 2.00 bits per heavy atom. The van der Waals surface area contributed by atoms with Crippen LogP contribution in [0.3, 0.4) is 0 Å². The first-order chi connectivity index (χ1) is 17.1. The molecule has 0 aromatic heterocycles. The summed E-state index contributed by atoms with van der Waals surface area (Å²) in [6.45, 7) is 6.83. The molecule has 0 spiro atoms. The smallest absolute Gasteiger partial charge is 0.343 e. The van der Waals surface area contributed by atoms with Gasteiger partial charge in [-0.15, -0.1) is 0 Å². The lowest BCUT2D eigenvalue weighted by Gasteiger charge is -2.08. The highest BCUT2D eigenvalue weighted by atomic mass is 16.5. The van der Waals surface area contributed by atoms with Crippen LogP contribution in [0.4, 0.5) is 0 Å². The van der Waals surface area contributed by atoms with Crippen LogP contribution in [-0.4, -0.2) is 32.6 Å². The minimum Gasteiger partial charge on any atom is -0.502 e. The molecule has 6 heteroatoms. The normalized spacial score (nSPS) is 9.77. The molecule has 35 heavy (non-hydrogen) atoms. The monoisotopic (exact) mass is 476 g/mol. The first kappa shape index (κ1) is 27.2. The predicted molar refractivity (Wildman–Crippen MR) is 136 cm³/mol. The van der Waals surface area contributed by atoms with Crippen LogP contribution < -0.4 is 14.2 Å². The maximum Gasteiger partial charge on any atom is 0.343 e. The van der Waals surface area contributed by atoms with E-state index in [0.29, 0.717) is 35.8 Å². The number of carbonyl (C=O) groups excluding carboxylic acids is 2. The number of rotatable bonds is 12. The van der Waals surface area contributed by atoms with Crippen LogP contribution in [0.15, 0.2) is 85.6 Å². The molecule has 184 valence electrons. The van der Waals surface area contributed by atoms with E-state index in [1.54, 1.807) is 55.6 Å². The van der Waals surface area contributed by atoms with Gasteiger partial charge in [-0.25, -0.2) is 4.79 Å². The third-order valence-corrected chi connectivity index (χ3v) is 4.93. The fourth-order valence-corrected chi connectivity index (χ4v) is 2.89. The maximum absolute atomic E-state index is 12.1. The second-order valence-electron chi connectivity index (χ2n) is 7.40. The Morgan fingerprint density at radius 1 is 0.829 bits per heavy atom. The summed E-state index contributed by atoms with van der Waals surface area (Å²) in [6, 6.07) is 21.2. The van der Waals surface area contributed by atoms with Gasteiger partial charge < -0.3 is 18.9 Å². The van der Waals surface area contributed by atoms with Crippen LogP contribution in [-0.2, 0) is 11.2 Å². The second kappa shape index (κ2) is 15.7. The van der Waals surface area contributed by atoms with Gasteiger partial charge in [0.1, 0.15) is 23.5 Å². The van der Waals surface area contributed by atoms with Gasteiger partial charge in [-0.05, 0) is 85.5 Å². The maximum atomic E-state index is 12.1. The highest BCUT2D eigenvalue weighted by Gasteiger charge is 2.09. The van der Waals surface area contributed by atoms with Crippen LogP contribution in [0.2, 0.25) is 0 Å². The average Bonchev–Trinajstić information content (AvgIpc) is 2.91. The van der Waals surface area contributed by atoms with Gasteiger partial charge in [0.05, 0.1) is 32.1 Å². The molecule has 0 fully saturated rings. The second-order valence-corrected chi connectivity index (χ2v) is 7.40. The highest BCUT2D eigenvalue weighted by Crippen LogP contribution is 2.17. The van der Waals surface area contributed by atoms with Gasteiger partial charge in [-0.3, -0.25) is 4.79 Å². The Labute approximate surface area is 207 Å². The Bertz CT molecular complexity index is 1000. The number of ether oxygens (including phenoxy) is 4. The minimum atomic E-state index is -0.466. The van der Waals surface area contributed by atoms with E-state index in [1.165, 1.54) is 11.8 Å². The lowest BCUT2D eigenvalue weighted by Crippen LogP contribution is -2.08. The highest BCUT2D eigenvalue weighted by molar-refractivity contribution is 5.91. The Hall–Kier alpha value is -4.06. The summed E-state index contributed by atoms with van der Waals surface area (Å²) in [5.74, 6) is 1.54. The lowest BCUT2D eigenvalue weighted by molar-refractivity contribution is 0.0734. The average molecular weight is 477 g/mol. The van der Waals surface area contributed by atoms with Crippen molar-refractivity contribution in [3.05, 3.63) is 102 Å². The van der Waals surface area contributed by atoms with Gasteiger partial charge in [0, 0.05) is 5.56 Å². The van der Waals surface area contributed by atoms with E-state index in [2.05, 4.69) is 25.6 Å². The number of unbranched alkanes of at least 4 members (excludes halogenated alkanes) is 1. The van der Waals surface area contributed by atoms with Gasteiger partial charge in [0.15, 0.2) is 0 Å². The third kappa shape index (κ3) is 10.2. The Kier molecular flexibility index (Phi) is 12.2. The first-order valence-electron chi connectivity index (χ1n) is 11.4. The van der Waals surface area contributed by atoms with Crippen molar-refractivity contribution in [2.75, 3.05) is 20.3 Å². The molecule has 3 rings (SSSR count). The summed E-state index contributed by atoms with van der Waals surface area (Å²) in [5.41, 5.74) is 2.30. The Balaban J connectivity index is 0.000000360. The number of esters is 1. The minimum absolute atomic E-state index is 0.387. The summed E-state index contributed by atoms with van der Waals surface area (Å²) >= 11 is 0. The summed E-state index contributed by atoms with van der Waals surface area (Å²) in [6.07, 6.45) is 5.00. The van der Waals surface area contributed by atoms with Crippen molar-refractivity contribution >= 4 is 12.3 Å². The van der Waals surface area contributed by atoms with Crippen LogP contribution in [0.5, 0.6) is 17.2 Å². The molecule has 0 radical (unpaired) electrons. The van der Waals surface area contributed by atoms with Crippen molar-refractivity contribution in [1.29, 1.82) is 0 Å². The molecule has 0 aliphatic rings. The summed E-state index contributed by atoms with van der Waals surface area (Å²) in [4.78, 5) is 22.7. The number of hydrogen-bond acceptors (Lipinski definition) is 6. The van der Waals surface area contributed by atoms with E-state index < -0.39 is 5.97 Å². The summed E-state index contributed by atoms with van der Waals surface area (Å²) in [5, 5.41) is 0. The third-order valence-electron chi connectivity index (χ3n) is 4.93. The van der Waals surface area contributed by atoms with Crippen LogP contribution in [0.25, 0.3) is 0 Å². The van der Waals surface area contributed by atoms with Crippen molar-refractivity contribution in [3.63, 3.8) is 0 Å². The molecule has 0 N–H and O–H groups in total. The molecule has 0 unspecified atom stereocenters.